The van der Waals surface area contributed by atoms with Gasteiger partial charge in [-0.15, -0.1) is 0 Å². The summed E-state index contributed by atoms with van der Waals surface area (Å²) < 4.78 is 51.7. The summed E-state index contributed by atoms with van der Waals surface area (Å²) >= 11 is 0. The van der Waals surface area contributed by atoms with E-state index in [2.05, 4.69) is 5.32 Å². The second-order valence-corrected chi connectivity index (χ2v) is 6.83. The van der Waals surface area contributed by atoms with Crippen LogP contribution in [0.15, 0.2) is 42.5 Å². The van der Waals surface area contributed by atoms with Crippen molar-refractivity contribution < 1.29 is 32.1 Å². The Morgan fingerprint density at radius 2 is 1.83 bits per heavy atom. The number of nitrogens with one attached hydrogen (secondary N) is 1. The predicted molar refractivity (Wildman–Crippen MR) is 97.0 cm³/mol. The minimum Gasteiger partial charge on any atom is -0.344 e. The fourth-order valence-electron chi connectivity index (χ4n) is 3.38. The summed E-state index contributed by atoms with van der Waals surface area (Å²) in [5.74, 6) is -4.40. The van der Waals surface area contributed by atoms with E-state index in [1.807, 2.05) is 0 Å². The number of likely N-dealkylation sites (tertiary alicyclic amines) is 1. The van der Waals surface area contributed by atoms with E-state index in [0.29, 0.717) is 11.6 Å². The Balaban J connectivity index is 1.90. The summed E-state index contributed by atoms with van der Waals surface area (Å²) in [7, 11) is 1.44. The highest BCUT2D eigenvalue weighted by atomic mass is 19.4. The second-order valence-electron chi connectivity index (χ2n) is 6.83. The maximum atomic E-state index is 13.3. The highest BCUT2D eigenvalue weighted by Crippen LogP contribution is 2.37. The van der Waals surface area contributed by atoms with E-state index in [0.717, 1.165) is 24.3 Å². The Hall–Kier alpha value is -3.50. The molecule has 0 unspecified atom stereocenters. The number of nitro benzene ring substituents is 1. The van der Waals surface area contributed by atoms with Crippen molar-refractivity contribution in [1.29, 1.82) is 0 Å². The number of amides is 2. The number of alkyl halides is 3. The molecule has 0 aromatic heterocycles. The lowest BCUT2D eigenvalue weighted by Crippen LogP contribution is -2.32. The van der Waals surface area contributed by atoms with Crippen LogP contribution in [0.5, 0.6) is 0 Å². The Kier molecular flexibility index (Phi) is 5.47. The van der Waals surface area contributed by atoms with Crippen LogP contribution in [0.25, 0.3) is 0 Å². The fourth-order valence-corrected chi connectivity index (χ4v) is 3.38. The summed E-state index contributed by atoms with van der Waals surface area (Å²) in [5, 5.41) is 13.4. The molecule has 0 saturated carbocycles. The monoisotopic (exact) mass is 425 g/mol. The van der Waals surface area contributed by atoms with Crippen molar-refractivity contribution in [2.24, 2.45) is 5.92 Å². The van der Waals surface area contributed by atoms with Gasteiger partial charge in [0.25, 0.3) is 5.69 Å². The predicted octanol–water partition coefficient (Wildman–Crippen LogP) is 3.56. The summed E-state index contributed by atoms with van der Waals surface area (Å²) in [6.45, 7) is 0.0772. The topological polar surface area (TPSA) is 92.6 Å². The molecule has 0 aliphatic carbocycles. The summed E-state index contributed by atoms with van der Waals surface area (Å²) in [5.41, 5.74) is -1.51. The Labute approximate surface area is 167 Å². The van der Waals surface area contributed by atoms with Gasteiger partial charge in [-0.25, -0.2) is 4.39 Å². The van der Waals surface area contributed by atoms with E-state index < -0.39 is 51.8 Å². The van der Waals surface area contributed by atoms with Crippen LogP contribution in [0.4, 0.5) is 28.9 Å². The fraction of sp³-hybridized carbons (Fsp3) is 0.263. The molecule has 11 heteroatoms. The molecule has 158 valence electrons. The number of likely N-dealkylation sites (N-methyl/N-ethyl adjacent to an activating group) is 1. The number of nitro groups is 1. The third-order valence-corrected chi connectivity index (χ3v) is 4.88. The Morgan fingerprint density at radius 1 is 1.20 bits per heavy atom. The van der Waals surface area contributed by atoms with Crippen molar-refractivity contribution in [2.45, 2.75) is 12.1 Å². The van der Waals surface area contributed by atoms with Crippen LogP contribution in [-0.2, 0) is 15.8 Å². The van der Waals surface area contributed by atoms with Crippen molar-refractivity contribution in [1.82, 2.24) is 4.90 Å². The average molecular weight is 425 g/mol. The molecule has 2 aromatic carbocycles. The lowest BCUT2D eigenvalue weighted by Gasteiger charge is -2.18. The normalized spacial score (nSPS) is 19.1. The molecular weight excluding hydrogens is 410 g/mol. The summed E-state index contributed by atoms with van der Waals surface area (Å²) in [6.07, 6.45) is -4.53. The van der Waals surface area contributed by atoms with Crippen LogP contribution in [-0.4, -0.2) is 35.2 Å². The molecule has 2 amide bonds. The van der Waals surface area contributed by atoms with Gasteiger partial charge in [-0.1, -0.05) is 12.1 Å². The number of carbonyl (C=O) groups is 2. The van der Waals surface area contributed by atoms with Crippen LogP contribution < -0.4 is 5.32 Å². The van der Waals surface area contributed by atoms with Gasteiger partial charge < -0.3 is 10.2 Å². The lowest BCUT2D eigenvalue weighted by molar-refractivity contribution is -0.384. The minimum absolute atomic E-state index is 0.0772. The van der Waals surface area contributed by atoms with Crippen LogP contribution in [0, 0.1) is 21.8 Å². The minimum atomic E-state index is -4.53. The van der Waals surface area contributed by atoms with Crippen LogP contribution >= 0.6 is 0 Å². The Morgan fingerprint density at radius 3 is 2.40 bits per heavy atom. The van der Waals surface area contributed by atoms with Gasteiger partial charge in [-0.2, -0.15) is 13.2 Å². The molecule has 1 aliphatic heterocycles. The standard InChI is InChI=1S/C19H15F4N3O4/c1-25-9-13(10-2-4-11(5-3-10)19(21,22)23)16(18(25)28)17(27)24-14-7-6-12(20)8-15(14)26(29)30/h2-8,13,16H,9H2,1H3,(H,24,27)/t13-,16+/m1/s1. The molecule has 30 heavy (non-hydrogen) atoms. The lowest BCUT2D eigenvalue weighted by atomic mass is 9.87. The smallest absolute Gasteiger partial charge is 0.344 e. The third kappa shape index (κ3) is 4.09. The van der Waals surface area contributed by atoms with Gasteiger partial charge >= 0.3 is 6.18 Å². The highest BCUT2D eigenvalue weighted by molar-refractivity contribution is 6.09. The number of carbonyl (C=O) groups excluding carboxylic acids is 2. The molecule has 7 nitrogen and oxygen atoms in total. The molecule has 1 heterocycles. The van der Waals surface area contributed by atoms with Gasteiger partial charge in [0.1, 0.15) is 17.4 Å². The average Bonchev–Trinajstić information content (AvgIpc) is 2.97. The number of halogens is 4. The largest absolute Gasteiger partial charge is 0.416 e. The van der Waals surface area contributed by atoms with E-state index in [9.17, 15) is 37.3 Å². The van der Waals surface area contributed by atoms with Gasteiger partial charge in [-0.05, 0) is 29.8 Å². The highest BCUT2D eigenvalue weighted by Gasteiger charge is 2.44. The molecule has 3 rings (SSSR count). The van der Waals surface area contributed by atoms with Crippen molar-refractivity contribution >= 4 is 23.2 Å². The molecular formula is C19H15F4N3O4. The summed E-state index contributed by atoms with van der Waals surface area (Å²) in [6, 6.07) is 6.66. The first-order valence-corrected chi connectivity index (χ1v) is 8.66. The van der Waals surface area contributed by atoms with E-state index in [-0.39, 0.29) is 12.2 Å². The zero-order valence-corrected chi connectivity index (χ0v) is 15.4. The summed E-state index contributed by atoms with van der Waals surface area (Å²) in [4.78, 5) is 36.8. The molecule has 1 fully saturated rings. The number of hydrogen-bond acceptors (Lipinski definition) is 4. The number of hydrogen-bond donors (Lipinski definition) is 1. The van der Waals surface area contributed by atoms with Crippen molar-refractivity contribution in [3.63, 3.8) is 0 Å². The van der Waals surface area contributed by atoms with Crippen molar-refractivity contribution in [3.05, 3.63) is 69.5 Å². The molecule has 1 aliphatic rings. The van der Waals surface area contributed by atoms with E-state index in [1.165, 1.54) is 24.1 Å². The van der Waals surface area contributed by atoms with Crippen LogP contribution in [0.3, 0.4) is 0 Å². The van der Waals surface area contributed by atoms with Crippen LogP contribution in [0.1, 0.15) is 17.0 Å². The first kappa shape index (κ1) is 21.2. The second kappa shape index (κ2) is 7.73. The maximum Gasteiger partial charge on any atom is 0.416 e. The first-order valence-electron chi connectivity index (χ1n) is 8.66. The van der Waals surface area contributed by atoms with Crippen LogP contribution in [0.2, 0.25) is 0 Å². The quantitative estimate of drug-likeness (QED) is 0.351. The van der Waals surface area contributed by atoms with Crippen molar-refractivity contribution in [2.75, 3.05) is 18.9 Å². The molecule has 1 saturated heterocycles. The van der Waals surface area contributed by atoms with E-state index in [1.54, 1.807) is 0 Å². The van der Waals surface area contributed by atoms with Gasteiger partial charge in [0, 0.05) is 19.5 Å². The zero-order chi connectivity index (χ0) is 22.2. The number of nitrogens with zero attached hydrogens (tertiary/aromatic N) is 2. The van der Waals surface area contributed by atoms with Gasteiger partial charge in [0.05, 0.1) is 16.6 Å². The maximum absolute atomic E-state index is 13.3. The number of anilines is 1. The van der Waals surface area contributed by atoms with Gasteiger partial charge in [0.15, 0.2) is 0 Å². The third-order valence-electron chi connectivity index (χ3n) is 4.88. The van der Waals surface area contributed by atoms with E-state index >= 15 is 0 Å². The van der Waals surface area contributed by atoms with Gasteiger partial charge in [0.2, 0.25) is 11.8 Å². The van der Waals surface area contributed by atoms with Gasteiger partial charge in [-0.3, -0.25) is 19.7 Å². The molecule has 0 bridgehead atoms. The van der Waals surface area contributed by atoms with E-state index in [4.69, 9.17) is 0 Å². The number of benzene rings is 2. The number of rotatable bonds is 4. The molecule has 0 radical (unpaired) electrons. The molecule has 2 atom stereocenters. The first-order chi connectivity index (χ1) is 14.0. The Bertz CT molecular complexity index is 1010. The zero-order valence-electron chi connectivity index (χ0n) is 15.4. The molecule has 0 spiro atoms. The van der Waals surface area contributed by atoms with Crippen molar-refractivity contribution in [3.8, 4) is 0 Å². The molecule has 2 aromatic rings. The molecule has 1 N–H and O–H groups in total. The SMILES string of the molecule is CN1C[C@H](c2ccc(C(F)(F)F)cc2)[C@@H](C(=O)Nc2ccc(F)cc2[N+](=O)[O-])C1=O.